The number of nitrogens with zero attached hydrogens (tertiary/aromatic N) is 5. The average Bonchev–Trinajstić information content (AvgIpc) is 4.12. The van der Waals surface area contributed by atoms with Crippen molar-refractivity contribution in [1.29, 1.82) is 0 Å². The van der Waals surface area contributed by atoms with Gasteiger partial charge in [0, 0.05) is 55.1 Å². The molecule has 0 radical (unpaired) electrons. The molecule has 0 amide bonds. The van der Waals surface area contributed by atoms with Crippen molar-refractivity contribution in [2.75, 3.05) is 0 Å². The van der Waals surface area contributed by atoms with Gasteiger partial charge < -0.3 is 13.6 Å². The highest BCUT2D eigenvalue weighted by Crippen LogP contribution is 2.43. The van der Waals surface area contributed by atoms with Gasteiger partial charge in [-0.1, -0.05) is 140 Å². The Bertz CT molecular complexity index is 3870. The quantitative estimate of drug-likeness (QED) is 0.168. The topological polar surface area (TPSA) is 53.7 Å². The van der Waals surface area contributed by atoms with Crippen LogP contribution in [0.4, 0.5) is 0 Å². The molecule has 0 spiro atoms. The van der Waals surface area contributed by atoms with E-state index >= 15 is 0 Å². The lowest BCUT2D eigenvalue weighted by molar-refractivity contribution is 0.673. The van der Waals surface area contributed by atoms with Crippen molar-refractivity contribution in [3.05, 3.63) is 212 Å². The first-order valence-electron chi connectivity index (χ1n) is 20.9. The fraction of sp³-hybridized carbons (Fsp3) is 0. The fourth-order valence-electron chi connectivity index (χ4n) is 9.70. The van der Waals surface area contributed by atoms with Crippen LogP contribution in [0.5, 0.6) is 0 Å². The summed E-state index contributed by atoms with van der Waals surface area (Å²) in [5.74, 6) is 1.59. The molecule has 4 aromatic heterocycles. The summed E-state index contributed by atoms with van der Waals surface area (Å²) in [5.41, 5.74) is 13.8. The van der Waals surface area contributed by atoms with Crippen LogP contribution in [0.3, 0.4) is 0 Å². The Morgan fingerprint density at radius 3 is 1.55 bits per heavy atom. The molecule has 290 valence electrons. The molecule has 0 saturated heterocycles. The number of rotatable bonds is 6. The number of aromatic nitrogens is 5. The molecule has 13 rings (SSSR count). The second-order valence-electron chi connectivity index (χ2n) is 15.8. The molecule has 13 aromatic rings. The van der Waals surface area contributed by atoms with E-state index < -0.39 is 0 Å². The summed E-state index contributed by atoms with van der Waals surface area (Å²) in [6.07, 6.45) is 0. The molecule has 4 heterocycles. The number of fused-ring (bicyclic) bond motifs is 10. The maximum atomic E-state index is 6.58. The first kappa shape index (κ1) is 34.4. The maximum absolute atomic E-state index is 6.58. The molecular formula is C56H35N5O. The Hall–Kier alpha value is -8.48. The third-order valence-corrected chi connectivity index (χ3v) is 12.4. The minimum atomic E-state index is 0.792. The molecule has 0 bridgehead atoms. The van der Waals surface area contributed by atoms with E-state index in [1.54, 1.807) is 0 Å². The summed E-state index contributed by atoms with van der Waals surface area (Å²) in [6.45, 7) is 0. The summed E-state index contributed by atoms with van der Waals surface area (Å²) in [4.78, 5) is 0. The van der Waals surface area contributed by atoms with Crippen molar-refractivity contribution in [2.45, 2.75) is 0 Å². The molecule has 0 saturated carbocycles. The van der Waals surface area contributed by atoms with E-state index in [1.807, 2.05) is 30.3 Å². The first-order chi connectivity index (χ1) is 30.8. The molecular weight excluding hydrogens is 759 g/mol. The van der Waals surface area contributed by atoms with Gasteiger partial charge in [0.1, 0.15) is 11.2 Å². The minimum Gasteiger partial charge on any atom is -0.455 e. The maximum Gasteiger partial charge on any atom is 0.169 e. The van der Waals surface area contributed by atoms with Crippen LogP contribution in [-0.2, 0) is 0 Å². The van der Waals surface area contributed by atoms with Crippen LogP contribution >= 0.6 is 0 Å². The van der Waals surface area contributed by atoms with Gasteiger partial charge in [0.15, 0.2) is 11.6 Å². The van der Waals surface area contributed by atoms with E-state index in [4.69, 9.17) is 14.6 Å². The molecule has 0 aliphatic rings. The van der Waals surface area contributed by atoms with Gasteiger partial charge in [-0.25, -0.2) is 0 Å². The highest BCUT2D eigenvalue weighted by Gasteiger charge is 2.23. The predicted molar refractivity (Wildman–Crippen MR) is 254 cm³/mol. The summed E-state index contributed by atoms with van der Waals surface area (Å²) in [7, 11) is 0. The second kappa shape index (κ2) is 13.5. The van der Waals surface area contributed by atoms with Crippen LogP contribution in [-0.4, -0.2) is 23.9 Å². The van der Waals surface area contributed by atoms with E-state index in [-0.39, 0.29) is 0 Å². The Morgan fingerprint density at radius 1 is 0.323 bits per heavy atom. The lowest BCUT2D eigenvalue weighted by Gasteiger charge is -2.13. The van der Waals surface area contributed by atoms with Gasteiger partial charge in [-0.15, -0.1) is 10.2 Å². The van der Waals surface area contributed by atoms with E-state index in [0.29, 0.717) is 0 Å². The summed E-state index contributed by atoms with van der Waals surface area (Å²) in [6, 6.07) is 75.0. The van der Waals surface area contributed by atoms with Crippen molar-refractivity contribution in [1.82, 2.24) is 23.9 Å². The first-order valence-corrected chi connectivity index (χ1v) is 20.9. The standard InChI is InChI=1S/C56H35N5O/c1-3-16-36(17-4-1)55-57-58-56(61(55)39-20-5-2-6-21-39)46-27-15-30-49-52(46)44-25-7-10-28-47(44)59(49)40-22-13-18-37(34-40)38-19-14-23-41(35-38)60-48-29-11-8-26-45(48)53-50(60)33-32-43-42-24-9-12-31-51(42)62-54(43)53/h1-35H. The highest BCUT2D eigenvalue weighted by molar-refractivity contribution is 6.24. The van der Waals surface area contributed by atoms with E-state index in [0.717, 1.165) is 111 Å². The highest BCUT2D eigenvalue weighted by atomic mass is 16.3. The molecule has 6 nitrogen and oxygen atoms in total. The lowest BCUT2D eigenvalue weighted by Crippen LogP contribution is -2.00. The SMILES string of the molecule is c1ccc(-c2nnc(-c3cccc4c3c3ccccc3n4-c3cccc(-c4cccc(-n5c6ccccc6c6c7oc8ccccc8c7ccc65)c4)c3)n2-c2ccccc2)cc1. The summed E-state index contributed by atoms with van der Waals surface area (Å²) < 4.78 is 13.5. The molecule has 62 heavy (non-hydrogen) atoms. The number of hydrogen-bond donors (Lipinski definition) is 0. The number of furan rings is 1. The number of para-hydroxylation sites is 4. The molecule has 0 fully saturated rings. The van der Waals surface area contributed by atoms with E-state index in [9.17, 15) is 0 Å². The molecule has 0 aliphatic carbocycles. The van der Waals surface area contributed by atoms with Gasteiger partial charge in [-0.3, -0.25) is 4.57 Å². The molecule has 0 atom stereocenters. The van der Waals surface area contributed by atoms with Gasteiger partial charge in [-0.2, -0.15) is 0 Å². The monoisotopic (exact) mass is 793 g/mol. The summed E-state index contributed by atoms with van der Waals surface area (Å²) in [5, 5.41) is 16.6. The zero-order valence-electron chi connectivity index (χ0n) is 33.4. The van der Waals surface area contributed by atoms with Crippen LogP contribution in [0.1, 0.15) is 0 Å². The largest absolute Gasteiger partial charge is 0.455 e. The lowest BCUT2D eigenvalue weighted by atomic mass is 10.0. The normalized spacial score (nSPS) is 11.9. The summed E-state index contributed by atoms with van der Waals surface area (Å²) >= 11 is 0. The van der Waals surface area contributed by atoms with Gasteiger partial charge in [0.05, 0.1) is 27.5 Å². The van der Waals surface area contributed by atoms with E-state index in [2.05, 4.69) is 196 Å². The molecule has 0 unspecified atom stereocenters. The second-order valence-corrected chi connectivity index (χ2v) is 15.8. The van der Waals surface area contributed by atoms with Gasteiger partial charge >= 0.3 is 0 Å². The number of hydrogen-bond acceptors (Lipinski definition) is 3. The van der Waals surface area contributed by atoms with Crippen LogP contribution in [0.15, 0.2) is 217 Å². The average molecular weight is 794 g/mol. The van der Waals surface area contributed by atoms with Crippen LogP contribution in [0.25, 0.3) is 117 Å². The van der Waals surface area contributed by atoms with Gasteiger partial charge in [0.2, 0.25) is 0 Å². The molecule has 0 N–H and O–H groups in total. The third kappa shape index (κ3) is 5.10. The van der Waals surface area contributed by atoms with Gasteiger partial charge in [-0.05, 0) is 83.9 Å². The Labute approximate surface area is 355 Å². The molecule has 9 aromatic carbocycles. The molecule has 0 aliphatic heterocycles. The van der Waals surface area contributed by atoms with Crippen molar-refractivity contribution >= 4 is 65.6 Å². The van der Waals surface area contributed by atoms with Gasteiger partial charge in [0.25, 0.3) is 0 Å². The Balaban J connectivity index is 0.972. The van der Waals surface area contributed by atoms with Crippen molar-refractivity contribution in [2.24, 2.45) is 0 Å². The number of benzene rings is 9. The zero-order chi connectivity index (χ0) is 40.7. The van der Waals surface area contributed by atoms with Crippen molar-refractivity contribution in [3.63, 3.8) is 0 Å². The smallest absolute Gasteiger partial charge is 0.169 e. The fourth-order valence-corrected chi connectivity index (χ4v) is 9.70. The minimum absolute atomic E-state index is 0.792. The van der Waals surface area contributed by atoms with Crippen LogP contribution in [0, 0.1) is 0 Å². The van der Waals surface area contributed by atoms with Crippen molar-refractivity contribution in [3.8, 4) is 51.0 Å². The Kier molecular flexibility index (Phi) is 7.50. The van der Waals surface area contributed by atoms with Crippen LogP contribution in [0.2, 0.25) is 0 Å². The van der Waals surface area contributed by atoms with E-state index in [1.165, 1.54) is 5.39 Å². The molecule has 6 heteroatoms. The predicted octanol–water partition coefficient (Wildman–Crippen LogP) is 14.4. The third-order valence-electron chi connectivity index (χ3n) is 12.4. The van der Waals surface area contributed by atoms with Crippen LogP contribution < -0.4 is 0 Å². The van der Waals surface area contributed by atoms with Crippen molar-refractivity contribution < 1.29 is 4.42 Å². The zero-order valence-corrected chi connectivity index (χ0v) is 33.4. The Morgan fingerprint density at radius 2 is 0.839 bits per heavy atom.